The van der Waals surface area contributed by atoms with Crippen molar-refractivity contribution in [1.82, 2.24) is 15.6 Å². The summed E-state index contributed by atoms with van der Waals surface area (Å²) < 4.78 is 42.2. The first-order valence-corrected chi connectivity index (χ1v) is 5.50. The van der Waals surface area contributed by atoms with E-state index in [-0.39, 0.29) is 31.5 Å². The van der Waals surface area contributed by atoms with Crippen molar-refractivity contribution < 1.29 is 22.6 Å². The van der Waals surface area contributed by atoms with Gasteiger partial charge in [0.05, 0.1) is 5.41 Å². The summed E-state index contributed by atoms with van der Waals surface area (Å²) in [6.45, 7) is 1.49. The van der Waals surface area contributed by atoms with Crippen molar-refractivity contribution in [2.45, 2.75) is 32.4 Å². The van der Waals surface area contributed by atoms with Gasteiger partial charge < -0.3 is 5.32 Å². The molecule has 0 spiro atoms. The Morgan fingerprint density at radius 3 is 2.56 bits per heavy atom. The molecule has 1 amide bonds. The molecule has 0 saturated heterocycles. The molecule has 1 heterocycles. The molecule has 0 atom stereocenters. The smallest absolute Gasteiger partial charge is 0.351 e. The monoisotopic (exact) mass is 263 g/mol. The number of carbonyl (C=O) groups excluding carboxylic acids is 1. The summed E-state index contributed by atoms with van der Waals surface area (Å²) in [7, 11) is 0. The molecule has 1 fully saturated rings. The van der Waals surface area contributed by atoms with Gasteiger partial charge in [0.2, 0.25) is 0 Å². The SMILES string of the molecule is Cc1nonc1C(=O)NCCC1(C(F)(F)F)CC1. The van der Waals surface area contributed by atoms with Crippen molar-refractivity contribution >= 4 is 5.91 Å². The Hall–Kier alpha value is -1.60. The maximum atomic E-state index is 12.6. The van der Waals surface area contributed by atoms with Gasteiger partial charge in [0.15, 0.2) is 5.69 Å². The molecule has 100 valence electrons. The van der Waals surface area contributed by atoms with E-state index in [9.17, 15) is 18.0 Å². The molecule has 1 saturated carbocycles. The van der Waals surface area contributed by atoms with E-state index in [1.165, 1.54) is 6.92 Å². The van der Waals surface area contributed by atoms with Crippen LogP contribution in [0.4, 0.5) is 13.2 Å². The molecule has 2 rings (SSSR count). The highest BCUT2D eigenvalue weighted by Crippen LogP contribution is 2.59. The fraction of sp³-hybridized carbons (Fsp3) is 0.700. The molecule has 0 aromatic carbocycles. The van der Waals surface area contributed by atoms with E-state index in [2.05, 4.69) is 20.3 Å². The third kappa shape index (κ3) is 2.32. The van der Waals surface area contributed by atoms with Gasteiger partial charge >= 0.3 is 6.18 Å². The lowest BCUT2D eigenvalue weighted by Crippen LogP contribution is -2.32. The Balaban J connectivity index is 1.84. The van der Waals surface area contributed by atoms with Crippen molar-refractivity contribution in [3.8, 4) is 0 Å². The molecular weight excluding hydrogens is 251 g/mol. The molecule has 1 aromatic rings. The summed E-state index contributed by atoms with van der Waals surface area (Å²) in [6.07, 6.45) is -4.02. The number of hydrogen-bond donors (Lipinski definition) is 1. The van der Waals surface area contributed by atoms with Crippen LogP contribution in [-0.2, 0) is 0 Å². The fourth-order valence-electron chi connectivity index (χ4n) is 1.76. The number of nitrogens with one attached hydrogen (secondary N) is 1. The molecule has 5 nitrogen and oxygen atoms in total. The van der Waals surface area contributed by atoms with E-state index in [1.54, 1.807) is 0 Å². The molecule has 0 bridgehead atoms. The maximum absolute atomic E-state index is 12.6. The predicted molar refractivity (Wildman–Crippen MR) is 53.7 cm³/mol. The van der Waals surface area contributed by atoms with E-state index in [0.29, 0.717) is 5.69 Å². The second-order valence-corrected chi connectivity index (χ2v) is 4.48. The highest BCUT2D eigenvalue weighted by atomic mass is 19.4. The summed E-state index contributed by atoms with van der Waals surface area (Å²) in [5.74, 6) is -0.563. The minimum Gasteiger partial charge on any atom is -0.351 e. The van der Waals surface area contributed by atoms with Gasteiger partial charge in [0.25, 0.3) is 5.91 Å². The van der Waals surface area contributed by atoms with Gasteiger partial charge in [0, 0.05) is 6.54 Å². The minimum atomic E-state index is -4.19. The highest BCUT2D eigenvalue weighted by Gasteiger charge is 2.62. The van der Waals surface area contributed by atoms with Crippen LogP contribution in [0.5, 0.6) is 0 Å². The summed E-state index contributed by atoms with van der Waals surface area (Å²) in [4.78, 5) is 11.5. The molecule has 18 heavy (non-hydrogen) atoms. The van der Waals surface area contributed by atoms with Crippen LogP contribution in [-0.4, -0.2) is 28.9 Å². The number of rotatable bonds is 4. The first kappa shape index (κ1) is 12.8. The van der Waals surface area contributed by atoms with E-state index in [1.807, 2.05) is 0 Å². The first-order chi connectivity index (χ1) is 8.36. The lowest BCUT2D eigenvalue weighted by atomic mass is 10.0. The van der Waals surface area contributed by atoms with Crippen molar-refractivity contribution in [2.24, 2.45) is 5.41 Å². The summed E-state index contributed by atoms with van der Waals surface area (Å²) in [5, 5.41) is 9.19. The van der Waals surface area contributed by atoms with Crippen LogP contribution in [0.15, 0.2) is 4.63 Å². The van der Waals surface area contributed by atoms with Gasteiger partial charge in [-0.3, -0.25) is 4.79 Å². The van der Waals surface area contributed by atoms with Crippen LogP contribution in [0.1, 0.15) is 35.4 Å². The van der Waals surface area contributed by atoms with Gasteiger partial charge in [-0.25, -0.2) is 4.63 Å². The molecule has 1 aliphatic rings. The molecule has 0 radical (unpaired) electrons. The molecule has 1 aromatic heterocycles. The number of amides is 1. The highest BCUT2D eigenvalue weighted by molar-refractivity contribution is 5.92. The van der Waals surface area contributed by atoms with E-state index >= 15 is 0 Å². The zero-order valence-corrected chi connectivity index (χ0v) is 9.67. The van der Waals surface area contributed by atoms with E-state index in [4.69, 9.17) is 0 Å². The van der Waals surface area contributed by atoms with Crippen LogP contribution in [0.3, 0.4) is 0 Å². The quantitative estimate of drug-likeness (QED) is 0.900. The number of hydrogen-bond acceptors (Lipinski definition) is 4. The first-order valence-electron chi connectivity index (χ1n) is 5.50. The van der Waals surface area contributed by atoms with Crippen molar-refractivity contribution in [1.29, 1.82) is 0 Å². The minimum absolute atomic E-state index is 0.00635. The number of nitrogens with zero attached hydrogens (tertiary/aromatic N) is 2. The van der Waals surface area contributed by atoms with Gasteiger partial charge in [-0.2, -0.15) is 13.2 Å². The number of aromatic nitrogens is 2. The number of halogens is 3. The molecule has 0 aliphatic heterocycles. The maximum Gasteiger partial charge on any atom is 0.394 e. The zero-order valence-electron chi connectivity index (χ0n) is 9.67. The van der Waals surface area contributed by atoms with Crippen molar-refractivity contribution in [2.75, 3.05) is 6.54 Å². The Bertz CT molecular complexity index is 451. The van der Waals surface area contributed by atoms with Crippen molar-refractivity contribution in [3.63, 3.8) is 0 Å². The van der Waals surface area contributed by atoms with Crippen LogP contribution in [0.25, 0.3) is 0 Å². The molecular formula is C10H12F3N3O2. The average Bonchev–Trinajstić information content (AvgIpc) is 2.94. The average molecular weight is 263 g/mol. The normalized spacial score (nSPS) is 17.6. The molecule has 0 unspecified atom stereocenters. The Morgan fingerprint density at radius 1 is 1.44 bits per heavy atom. The lowest BCUT2D eigenvalue weighted by molar-refractivity contribution is -0.188. The van der Waals surface area contributed by atoms with Gasteiger partial charge in [0.1, 0.15) is 5.69 Å². The standard InChI is InChI=1S/C10H12F3N3O2/c1-6-7(16-18-15-6)8(17)14-5-4-9(2-3-9)10(11,12)13/h2-5H2,1H3,(H,14,17). The van der Waals surface area contributed by atoms with Crippen LogP contribution in [0, 0.1) is 12.3 Å². The summed E-state index contributed by atoms with van der Waals surface area (Å²) in [5.41, 5.74) is -1.28. The number of alkyl halides is 3. The predicted octanol–water partition coefficient (Wildman–Crippen LogP) is 1.84. The Kier molecular flexibility index (Phi) is 3.04. The third-order valence-corrected chi connectivity index (χ3v) is 3.21. The second kappa shape index (κ2) is 4.25. The molecule has 1 aliphatic carbocycles. The van der Waals surface area contributed by atoms with Crippen molar-refractivity contribution in [3.05, 3.63) is 11.4 Å². The Morgan fingerprint density at radius 2 is 2.11 bits per heavy atom. The van der Waals surface area contributed by atoms with Crippen LogP contribution in [0.2, 0.25) is 0 Å². The topological polar surface area (TPSA) is 68.0 Å². The second-order valence-electron chi connectivity index (χ2n) is 4.48. The molecule has 1 N–H and O–H groups in total. The molecule has 8 heteroatoms. The van der Waals surface area contributed by atoms with Gasteiger partial charge in [-0.15, -0.1) is 0 Å². The largest absolute Gasteiger partial charge is 0.394 e. The van der Waals surface area contributed by atoms with Crippen LogP contribution < -0.4 is 5.32 Å². The van der Waals surface area contributed by atoms with E-state index in [0.717, 1.165) is 0 Å². The lowest BCUT2D eigenvalue weighted by Gasteiger charge is -2.18. The number of carbonyl (C=O) groups is 1. The number of aryl methyl sites for hydroxylation is 1. The summed E-state index contributed by atoms with van der Waals surface area (Å²) in [6, 6.07) is 0. The Labute approximate surface area is 101 Å². The van der Waals surface area contributed by atoms with Gasteiger partial charge in [-0.05, 0) is 31.3 Å². The van der Waals surface area contributed by atoms with Crippen LogP contribution >= 0.6 is 0 Å². The zero-order chi connectivity index (χ0) is 13.4. The summed E-state index contributed by atoms with van der Waals surface area (Å²) >= 11 is 0. The fourth-order valence-corrected chi connectivity index (χ4v) is 1.76. The van der Waals surface area contributed by atoms with Gasteiger partial charge in [-0.1, -0.05) is 5.16 Å². The van der Waals surface area contributed by atoms with E-state index < -0.39 is 17.5 Å². The third-order valence-electron chi connectivity index (χ3n) is 3.21.